The molecule has 8 heteroatoms. The van der Waals surface area contributed by atoms with E-state index in [-0.39, 0.29) is 55.6 Å². The van der Waals surface area contributed by atoms with E-state index in [9.17, 15) is 9.59 Å². The van der Waals surface area contributed by atoms with Crippen LogP contribution in [0.2, 0.25) is 0 Å². The van der Waals surface area contributed by atoms with Gasteiger partial charge in [-0.2, -0.15) is 0 Å². The Kier molecular flexibility index (Phi) is 16.9. The van der Waals surface area contributed by atoms with E-state index in [1.807, 2.05) is 4.90 Å². The van der Waals surface area contributed by atoms with Gasteiger partial charge in [0.1, 0.15) is 6.10 Å². The fraction of sp³-hybridized carbons (Fsp3) is 0.886. The predicted octanol–water partition coefficient (Wildman–Crippen LogP) is 7.31. The van der Waals surface area contributed by atoms with E-state index in [1.165, 1.54) is 51.4 Å². The Balaban J connectivity index is 0.00000323. The van der Waals surface area contributed by atoms with Crippen molar-refractivity contribution in [3.8, 4) is 0 Å². The molecule has 43 heavy (non-hydrogen) atoms. The Bertz CT molecular complexity index is 876. The highest BCUT2D eigenvalue weighted by atomic mass is 35.5. The van der Waals surface area contributed by atoms with Gasteiger partial charge < -0.3 is 21.1 Å². The highest BCUT2D eigenvalue weighted by molar-refractivity contribution is 5.85. The van der Waals surface area contributed by atoms with E-state index in [1.54, 1.807) is 5.57 Å². The van der Waals surface area contributed by atoms with Crippen LogP contribution < -0.4 is 11.5 Å². The molecule has 8 atom stereocenters. The van der Waals surface area contributed by atoms with Crippen LogP contribution in [0, 0.1) is 47.3 Å². The number of esters is 1. The minimum Gasteiger partial charge on any atom is -0.462 e. The SMILES string of the molecule is CC(C)CCC[C@@H](C)C1C=C2CC(OC(=O)CCC(=O)N(CCCN)CCCN)CCC2C2CCC3CCCC3C21.Cl.Cl. The van der Waals surface area contributed by atoms with Gasteiger partial charge in [0.2, 0.25) is 5.91 Å². The quantitative estimate of drug-likeness (QED) is 0.144. The Hall–Kier alpha value is -0.820. The number of fused-ring (bicyclic) bond motifs is 5. The summed E-state index contributed by atoms with van der Waals surface area (Å²) in [5.41, 5.74) is 12.9. The number of carbonyl (C=O) groups excluding carboxylic acids is 2. The third-order valence-corrected chi connectivity index (χ3v) is 11.2. The van der Waals surface area contributed by atoms with Crippen LogP contribution in [0.4, 0.5) is 0 Å². The fourth-order valence-corrected chi connectivity index (χ4v) is 9.22. The Morgan fingerprint density at radius 3 is 2.28 bits per heavy atom. The molecule has 0 spiro atoms. The summed E-state index contributed by atoms with van der Waals surface area (Å²) in [5, 5.41) is 0. The predicted molar refractivity (Wildman–Crippen MR) is 181 cm³/mol. The van der Waals surface area contributed by atoms with E-state index in [0.29, 0.717) is 38.0 Å². The average Bonchev–Trinajstić information content (AvgIpc) is 3.44. The number of hydrogen-bond acceptors (Lipinski definition) is 5. The number of allylic oxidation sites excluding steroid dienone is 1. The normalized spacial score (nSPS) is 30.1. The van der Waals surface area contributed by atoms with Gasteiger partial charge in [-0.1, -0.05) is 64.5 Å². The van der Waals surface area contributed by atoms with Crippen LogP contribution in [0.25, 0.3) is 0 Å². The second-order valence-electron chi connectivity index (χ2n) is 14.5. The second kappa shape index (κ2) is 19.0. The number of nitrogens with zero attached hydrogens (tertiary/aromatic N) is 1. The summed E-state index contributed by atoms with van der Waals surface area (Å²) in [7, 11) is 0. The number of carbonyl (C=O) groups is 2. The molecule has 0 aromatic heterocycles. The maximum atomic E-state index is 12.9. The lowest BCUT2D eigenvalue weighted by molar-refractivity contribution is -0.152. The highest BCUT2D eigenvalue weighted by Gasteiger charge is 2.51. The van der Waals surface area contributed by atoms with Crippen molar-refractivity contribution in [2.24, 2.45) is 58.8 Å². The minimum atomic E-state index is -0.223. The molecule has 4 rings (SSSR count). The molecule has 0 aromatic rings. The molecule has 1 amide bonds. The monoisotopic (exact) mass is 643 g/mol. The molecule has 0 aromatic carbocycles. The van der Waals surface area contributed by atoms with Crippen LogP contribution in [-0.4, -0.2) is 49.1 Å². The van der Waals surface area contributed by atoms with Gasteiger partial charge in [0.15, 0.2) is 0 Å². The zero-order valence-electron chi connectivity index (χ0n) is 27.4. The summed E-state index contributed by atoms with van der Waals surface area (Å²) in [6, 6.07) is 0. The average molecular weight is 645 g/mol. The first kappa shape index (κ1) is 38.4. The van der Waals surface area contributed by atoms with Gasteiger partial charge in [-0.3, -0.25) is 9.59 Å². The number of amides is 1. The molecule has 6 nitrogen and oxygen atoms in total. The van der Waals surface area contributed by atoms with Crippen molar-refractivity contribution in [2.45, 2.75) is 123 Å². The smallest absolute Gasteiger partial charge is 0.306 e. The molecule has 4 N–H and O–H groups in total. The molecule has 7 unspecified atom stereocenters. The first-order chi connectivity index (χ1) is 19.8. The molecule has 0 saturated heterocycles. The van der Waals surface area contributed by atoms with Crippen molar-refractivity contribution >= 4 is 36.7 Å². The zero-order chi connectivity index (χ0) is 29.4. The third kappa shape index (κ3) is 10.3. The first-order valence-corrected chi connectivity index (χ1v) is 17.4. The van der Waals surface area contributed by atoms with Crippen LogP contribution >= 0.6 is 24.8 Å². The van der Waals surface area contributed by atoms with E-state index >= 15 is 0 Å². The topological polar surface area (TPSA) is 98.7 Å². The largest absolute Gasteiger partial charge is 0.462 e. The molecule has 0 bridgehead atoms. The summed E-state index contributed by atoms with van der Waals surface area (Å²) in [6.45, 7) is 9.57. The number of nitrogens with two attached hydrogens (primary N) is 2. The van der Waals surface area contributed by atoms with Gasteiger partial charge >= 0.3 is 5.97 Å². The molecule has 0 heterocycles. The van der Waals surface area contributed by atoms with Gasteiger partial charge in [-0.25, -0.2) is 0 Å². The fourth-order valence-electron chi connectivity index (χ4n) is 9.22. The van der Waals surface area contributed by atoms with Crippen molar-refractivity contribution < 1.29 is 14.3 Å². The Morgan fingerprint density at radius 2 is 1.60 bits per heavy atom. The maximum Gasteiger partial charge on any atom is 0.306 e. The van der Waals surface area contributed by atoms with Gasteiger partial charge in [0.05, 0.1) is 6.42 Å². The maximum absolute atomic E-state index is 12.9. The van der Waals surface area contributed by atoms with Gasteiger partial charge in [-0.05, 0) is 105 Å². The molecule has 0 radical (unpaired) electrons. The Morgan fingerprint density at radius 1 is 0.884 bits per heavy atom. The van der Waals surface area contributed by atoms with E-state index in [4.69, 9.17) is 16.2 Å². The van der Waals surface area contributed by atoms with Crippen LogP contribution in [0.1, 0.15) is 117 Å². The first-order valence-electron chi connectivity index (χ1n) is 17.4. The molecule has 3 saturated carbocycles. The van der Waals surface area contributed by atoms with Gasteiger partial charge in [-0.15, -0.1) is 24.8 Å². The minimum absolute atomic E-state index is 0. The molecule has 4 aliphatic carbocycles. The molecule has 0 aliphatic heterocycles. The van der Waals surface area contributed by atoms with Gasteiger partial charge in [0.25, 0.3) is 0 Å². The van der Waals surface area contributed by atoms with Crippen LogP contribution in [0.15, 0.2) is 11.6 Å². The number of halogens is 2. The summed E-state index contributed by atoms with van der Waals surface area (Å²) < 4.78 is 6.03. The summed E-state index contributed by atoms with van der Waals surface area (Å²) >= 11 is 0. The second-order valence-corrected chi connectivity index (χ2v) is 14.5. The summed E-state index contributed by atoms with van der Waals surface area (Å²) in [4.78, 5) is 27.5. The van der Waals surface area contributed by atoms with E-state index in [2.05, 4.69) is 26.8 Å². The highest BCUT2D eigenvalue weighted by Crippen LogP contribution is 2.59. The standard InChI is InChI=1S/C35H61N3O3.2ClH/c1-24(2)8-4-9-25(3)32-23-27-22-28(13-15-29(27)31-14-12-26-10-5-11-30(26)35(31)32)41-34(40)17-16-33(39)38(20-6-18-36)21-7-19-37;;/h23-26,28-32,35H,4-22,36-37H2,1-3H3;2*1H/t25-,26?,28?,29?,30?,31?,32?,35?;;/m1../s1. The lowest BCUT2D eigenvalue weighted by atomic mass is 9.52. The van der Waals surface area contributed by atoms with Gasteiger partial charge in [0, 0.05) is 25.9 Å². The lowest BCUT2D eigenvalue weighted by Crippen LogP contribution is -2.46. The number of rotatable bonds is 15. The van der Waals surface area contributed by atoms with Crippen molar-refractivity contribution in [1.29, 1.82) is 0 Å². The molecular weight excluding hydrogens is 581 g/mol. The molecule has 4 aliphatic rings. The third-order valence-electron chi connectivity index (χ3n) is 11.2. The van der Waals surface area contributed by atoms with Crippen molar-refractivity contribution in [2.75, 3.05) is 26.2 Å². The molecule has 250 valence electrons. The lowest BCUT2D eigenvalue weighted by Gasteiger charge is -2.53. The zero-order valence-corrected chi connectivity index (χ0v) is 29.0. The van der Waals surface area contributed by atoms with Crippen molar-refractivity contribution in [3.63, 3.8) is 0 Å². The van der Waals surface area contributed by atoms with E-state index < -0.39 is 0 Å². The van der Waals surface area contributed by atoms with Crippen LogP contribution in [-0.2, 0) is 14.3 Å². The molecule has 3 fully saturated rings. The summed E-state index contributed by atoms with van der Waals surface area (Å²) in [6.07, 6.45) is 18.8. The van der Waals surface area contributed by atoms with Crippen LogP contribution in [0.3, 0.4) is 0 Å². The van der Waals surface area contributed by atoms with Crippen molar-refractivity contribution in [1.82, 2.24) is 4.90 Å². The number of hydrogen-bond donors (Lipinski definition) is 2. The summed E-state index contributed by atoms with van der Waals surface area (Å²) in [5.74, 6) is 6.26. The number of ether oxygens (including phenoxy) is 1. The van der Waals surface area contributed by atoms with Crippen molar-refractivity contribution in [3.05, 3.63) is 11.6 Å². The Labute approximate surface area is 275 Å². The van der Waals surface area contributed by atoms with E-state index in [0.717, 1.165) is 67.6 Å². The molecular formula is C35H63Cl2N3O3. The van der Waals surface area contributed by atoms with Crippen LogP contribution in [0.5, 0.6) is 0 Å².